The Kier molecular flexibility index (Phi) is 3.05. The number of benzene rings is 1. The zero-order chi connectivity index (χ0) is 10.7. The van der Waals surface area contributed by atoms with Crippen LogP contribution < -0.4 is 5.73 Å². The Hall–Kier alpha value is -1.60. The summed E-state index contributed by atoms with van der Waals surface area (Å²) in [4.78, 5) is 11.2. The van der Waals surface area contributed by atoms with E-state index in [1.54, 1.807) is 6.07 Å². The van der Waals surface area contributed by atoms with Crippen LogP contribution in [0.25, 0.3) is 0 Å². The van der Waals surface area contributed by atoms with Crippen molar-refractivity contribution in [3.8, 4) is 6.07 Å². The maximum atomic E-state index is 13.1. The molecule has 3 nitrogen and oxygen atoms in total. The second-order valence-corrected chi connectivity index (χ2v) is 2.82. The van der Waals surface area contributed by atoms with Crippen molar-refractivity contribution < 1.29 is 9.18 Å². The normalized spacial score (nSPS) is 9.50. The van der Waals surface area contributed by atoms with E-state index in [0.29, 0.717) is 0 Å². The average Bonchev–Trinajstić information content (AvgIpc) is 2.18. The highest BCUT2D eigenvalue weighted by Gasteiger charge is 2.16. The number of hydrogen-bond acceptors (Lipinski definition) is 3. The fraction of sp³-hybridized carbons (Fsp3) is 0.111. The van der Waals surface area contributed by atoms with E-state index in [4.69, 9.17) is 22.6 Å². The van der Waals surface area contributed by atoms with Crippen molar-refractivity contribution in [3.05, 3.63) is 29.1 Å². The van der Waals surface area contributed by atoms with E-state index in [-0.39, 0.29) is 22.7 Å². The van der Waals surface area contributed by atoms with Gasteiger partial charge in [-0.25, -0.2) is 4.39 Å². The van der Waals surface area contributed by atoms with Crippen LogP contribution in [0.5, 0.6) is 0 Å². The van der Waals surface area contributed by atoms with E-state index in [9.17, 15) is 9.18 Å². The predicted octanol–water partition coefficient (Wildman–Crippen LogP) is 1.70. The number of Topliss-reactive ketones (excluding diaryl/α,β-unsaturated/α-hetero) is 1. The molecule has 0 radical (unpaired) electrons. The first-order valence-corrected chi connectivity index (χ1v) is 4.22. The second-order valence-electron chi connectivity index (χ2n) is 2.55. The molecule has 2 N–H and O–H groups in total. The number of alkyl halides is 1. The first-order chi connectivity index (χ1) is 6.61. The smallest absolute Gasteiger partial charge is 0.182 e. The van der Waals surface area contributed by atoms with Crippen molar-refractivity contribution in [1.82, 2.24) is 0 Å². The van der Waals surface area contributed by atoms with Gasteiger partial charge in [-0.2, -0.15) is 5.26 Å². The molecule has 0 atom stereocenters. The Balaban J connectivity index is 3.42. The van der Waals surface area contributed by atoms with Gasteiger partial charge in [-0.3, -0.25) is 4.79 Å². The van der Waals surface area contributed by atoms with Crippen LogP contribution in [0.3, 0.4) is 0 Å². The molecule has 14 heavy (non-hydrogen) atoms. The van der Waals surface area contributed by atoms with Gasteiger partial charge in [-0.1, -0.05) is 0 Å². The molecule has 1 aromatic carbocycles. The van der Waals surface area contributed by atoms with Gasteiger partial charge in [0.05, 0.1) is 22.7 Å². The van der Waals surface area contributed by atoms with Crippen molar-refractivity contribution in [2.45, 2.75) is 0 Å². The Bertz CT molecular complexity index is 426. The van der Waals surface area contributed by atoms with Crippen LogP contribution >= 0.6 is 11.6 Å². The molecule has 1 rings (SSSR count). The van der Waals surface area contributed by atoms with E-state index in [1.165, 1.54) is 6.07 Å². The molecule has 0 bridgehead atoms. The lowest BCUT2D eigenvalue weighted by Gasteiger charge is -2.05. The van der Waals surface area contributed by atoms with Crippen LogP contribution in [0.2, 0.25) is 0 Å². The van der Waals surface area contributed by atoms with Gasteiger partial charge in [0, 0.05) is 0 Å². The average molecular weight is 213 g/mol. The molecule has 0 aliphatic heterocycles. The Morgan fingerprint density at radius 1 is 1.64 bits per heavy atom. The first kappa shape index (κ1) is 10.5. The zero-order valence-electron chi connectivity index (χ0n) is 7.05. The third-order valence-corrected chi connectivity index (χ3v) is 1.96. The summed E-state index contributed by atoms with van der Waals surface area (Å²) in [6.07, 6.45) is 0. The highest BCUT2D eigenvalue weighted by molar-refractivity contribution is 6.31. The molecule has 1 aromatic rings. The number of hydrogen-bond donors (Lipinski definition) is 1. The minimum absolute atomic E-state index is 0.0693. The van der Waals surface area contributed by atoms with Crippen LogP contribution in [0.15, 0.2) is 12.1 Å². The van der Waals surface area contributed by atoms with E-state index in [0.717, 1.165) is 6.07 Å². The van der Waals surface area contributed by atoms with Gasteiger partial charge in [0.25, 0.3) is 0 Å². The standard InChI is InChI=1S/C9H6ClFN2O/c10-3-7(14)8-6(11)2-1-5(4-12)9(8)13/h1-2H,3,13H2. The minimum atomic E-state index is -0.757. The Labute approximate surface area is 84.9 Å². The van der Waals surface area contributed by atoms with Crippen molar-refractivity contribution >= 4 is 23.1 Å². The Morgan fingerprint density at radius 2 is 2.29 bits per heavy atom. The quantitative estimate of drug-likeness (QED) is 0.461. The maximum Gasteiger partial charge on any atom is 0.182 e. The summed E-state index contributed by atoms with van der Waals surface area (Å²) in [5.41, 5.74) is 5.04. The number of anilines is 1. The third kappa shape index (κ3) is 1.68. The number of carbonyl (C=O) groups is 1. The molecule has 0 amide bonds. The second kappa shape index (κ2) is 4.07. The first-order valence-electron chi connectivity index (χ1n) is 3.69. The molecule has 0 aliphatic carbocycles. The summed E-state index contributed by atoms with van der Waals surface area (Å²) >= 11 is 5.27. The predicted molar refractivity (Wildman–Crippen MR) is 50.6 cm³/mol. The number of nitriles is 1. The Morgan fingerprint density at radius 3 is 2.79 bits per heavy atom. The van der Waals surface area contributed by atoms with Gasteiger partial charge in [0.1, 0.15) is 11.9 Å². The number of nitrogens with two attached hydrogens (primary N) is 1. The molecule has 0 spiro atoms. The summed E-state index contributed by atoms with van der Waals surface area (Å²) in [6, 6.07) is 4.00. The van der Waals surface area contributed by atoms with Crippen LogP contribution in [0.1, 0.15) is 15.9 Å². The number of ketones is 1. The molecule has 0 aliphatic rings. The van der Waals surface area contributed by atoms with Crippen LogP contribution in [0.4, 0.5) is 10.1 Å². The largest absolute Gasteiger partial charge is 0.397 e. The molecule has 0 unspecified atom stereocenters. The molecular formula is C9H6ClFN2O. The van der Waals surface area contributed by atoms with E-state index >= 15 is 0 Å². The lowest BCUT2D eigenvalue weighted by Crippen LogP contribution is -2.09. The number of halogens is 2. The van der Waals surface area contributed by atoms with Crippen molar-refractivity contribution in [3.63, 3.8) is 0 Å². The summed E-state index contributed by atoms with van der Waals surface area (Å²) in [5, 5.41) is 8.59. The summed E-state index contributed by atoms with van der Waals surface area (Å²) in [7, 11) is 0. The summed E-state index contributed by atoms with van der Waals surface area (Å²) in [5.74, 6) is -1.75. The third-order valence-electron chi connectivity index (χ3n) is 1.72. The van der Waals surface area contributed by atoms with Crippen LogP contribution in [-0.2, 0) is 0 Å². The highest BCUT2D eigenvalue weighted by atomic mass is 35.5. The summed E-state index contributed by atoms with van der Waals surface area (Å²) in [6.45, 7) is 0. The van der Waals surface area contributed by atoms with Gasteiger partial charge in [0.15, 0.2) is 5.78 Å². The van der Waals surface area contributed by atoms with Gasteiger partial charge in [-0.05, 0) is 12.1 Å². The van der Waals surface area contributed by atoms with Gasteiger partial charge < -0.3 is 5.73 Å². The van der Waals surface area contributed by atoms with E-state index < -0.39 is 11.6 Å². The SMILES string of the molecule is N#Cc1ccc(F)c(C(=O)CCl)c1N. The van der Waals surface area contributed by atoms with Gasteiger partial charge in [-0.15, -0.1) is 11.6 Å². The van der Waals surface area contributed by atoms with E-state index in [2.05, 4.69) is 0 Å². The molecule has 5 heteroatoms. The lowest BCUT2D eigenvalue weighted by molar-refractivity contribution is 0.101. The van der Waals surface area contributed by atoms with Crippen molar-refractivity contribution in [1.29, 1.82) is 5.26 Å². The van der Waals surface area contributed by atoms with Gasteiger partial charge in [0.2, 0.25) is 0 Å². The lowest BCUT2D eigenvalue weighted by atomic mass is 10.0. The number of nitrogens with zero attached hydrogens (tertiary/aromatic N) is 1. The summed E-state index contributed by atoms with van der Waals surface area (Å²) < 4.78 is 13.1. The fourth-order valence-corrected chi connectivity index (χ4v) is 1.17. The molecule has 0 aromatic heterocycles. The fourth-order valence-electron chi connectivity index (χ4n) is 1.04. The van der Waals surface area contributed by atoms with E-state index in [1.807, 2.05) is 0 Å². The molecule has 0 saturated heterocycles. The molecule has 72 valence electrons. The topological polar surface area (TPSA) is 66.9 Å². The van der Waals surface area contributed by atoms with Gasteiger partial charge >= 0.3 is 0 Å². The number of rotatable bonds is 2. The monoisotopic (exact) mass is 212 g/mol. The minimum Gasteiger partial charge on any atom is -0.397 e. The number of nitrogen functional groups attached to an aromatic ring is 1. The molecule has 0 fully saturated rings. The van der Waals surface area contributed by atoms with Crippen LogP contribution in [0, 0.1) is 17.1 Å². The van der Waals surface area contributed by atoms with Crippen molar-refractivity contribution in [2.75, 3.05) is 11.6 Å². The number of carbonyl (C=O) groups excluding carboxylic acids is 1. The zero-order valence-corrected chi connectivity index (χ0v) is 7.81. The highest BCUT2D eigenvalue weighted by Crippen LogP contribution is 2.21. The van der Waals surface area contributed by atoms with Crippen molar-refractivity contribution in [2.24, 2.45) is 0 Å². The van der Waals surface area contributed by atoms with Crippen LogP contribution in [-0.4, -0.2) is 11.7 Å². The molecule has 0 saturated carbocycles. The molecular weight excluding hydrogens is 207 g/mol. The maximum absolute atomic E-state index is 13.1. The molecule has 0 heterocycles.